The second-order valence-electron chi connectivity index (χ2n) is 7.26. The molecule has 0 radical (unpaired) electrons. The number of carbonyl (C=O) groups excluding carboxylic acids is 2. The van der Waals surface area contributed by atoms with Gasteiger partial charge in [-0.05, 0) is 47.9 Å². The first-order chi connectivity index (χ1) is 14.2. The Morgan fingerprint density at radius 3 is 2.34 bits per heavy atom. The van der Waals surface area contributed by atoms with Crippen LogP contribution in [0, 0.1) is 0 Å². The lowest BCUT2D eigenvalue weighted by Crippen LogP contribution is -2.46. The number of hydrogen-bond acceptors (Lipinski definition) is 4. The van der Waals surface area contributed by atoms with Crippen LogP contribution in [0.15, 0.2) is 65.4 Å². The van der Waals surface area contributed by atoms with Crippen LogP contribution in [0.4, 0.5) is 5.69 Å². The van der Waals surface area contributed by atoms with Gasteiger partial charge in [0.1, 0.15) is 6.04 Å². The molecule has 0 aliphatic heterocycles. The second-order valence-corrected chi connectivity index (χ2v) is 9.27. The molecular weight excluding hydrogens is 400 g/mol. The van der Waals surface area contributed by atoms with Crippen molar-refractivity contribution >= 4 is 40.2 Å². The first-order valence-electron chi connectivity index (χ1n) is 9.95. The van der Waals surface area contributed by atoms with E-state index in [1.807, 2.05) is 65.4 Å². The number of hydrogen-bond donors (Lipinski definition) is 1. The van der Waals surface area contributed by atoms with Crippen molar-refractivity contribution in [3.05, 3.63) is 75.1 Å². The van der Waals surface area contributed by atoms with Gasteiger partial charge in [-0.3, -0.25) is 14.5 Å². The molecule has 1 saturated carbocycles. The van der Waals surface area contributed by atoms with Crippen LogP contribution >= 0.6 is 22.7 Å². The molecule has 1 fully saturated rings. The fraction of sp³-hybridized carbons (Fsp3) is 0.304. The number of para-hydroxylation sites is 1. The average molecular weight is 425 g/mol. The van der Waals surface area contributed by atoms with E-state index in [4.69, 9.17) is 0 Å². The van der Waals surface area contributed by atoms with E-state index in [1.165, 1.54) is 11.3 Å². The standard InChI is InChI=1S/C23H24N2O2S2/c26-21(16-19-12-6-14-28-19)25(18-10-2-1-3-11-18)22(20-13-7-15-29-20)23(27)24-17-8-4-5-9-17/h1-3,6-7,10-15,17,22H,4-5,8-9,16H2,(H,24,27)/t22-/m1/s1. The predicted octanol–water partition coefficient (Wildman–Crippen LogP) is 5.19. The summed E-state index contributed by atoms with van der Waals surface area (Å²) in [6.07, 6.45) is 4.60. The molecule has 0 bridgehead atoms. The monoisotopic (exact) mass is 424 g/mol. The van der Waals surface area contributed by atoms with E-state index in [2.05, 4.69) is 5.32 Å². The Morgan fingerprint density at radius 1 is 0.966 bits per heavy atom. The molecule has 2 amide bonds. The van der Waals surface area contributed by atoms with Crippen molar-refractivity contribution in [3.63, 3.8) is 0 Å². The molecule has 0 spiro atoms. The highest BCUT2D eigenvalue weighted by atomic mass is 32.1. The molecule has 29 heavy (non-hydrogen) atoms. The Kier molecular flexibility index (Phi) is 6.42. The fourth-order valence-electron chi connectivity index (χ4n) is 3.84. The molecule has 0 unspecified atom stereocenters. The van der Waals surface area contributed by atoms with Gasteiger partial charge in [-0.25, -0.2) is 0 Å². The predicted molar refractivity (Wildman–Crippen MR) is 119 cm³/mol. The highest BCUT2D eigenvalue weighted by Crippen LogP contribution is 2.32. The van der Waals surface area contributed by atoms with Crippen molar-refractivity contribution < 1.29 is 9.59 Å². The van der Waals surface area contributed by atoms with E-state index in [0.29, 0.717) is 0 Å². The molecule has 4 nitrogen and oxygen atoms in total. The molecule has 1 N–H and O–H groups in total. The summed E-state index contributed by atoms with van der Waals surface area (Å²) in [7, 11) is 0. The van der Waals surface area contributed by atoms with Crippen LogP contribution in [0.1, 0.15) is 41.5 Å². The zero-order valence-corrected chi connectivity index (χ0v) is 17.8. The molecule has 150 valence electrons. The van der Waals surface area contributed by atoms with Crippen LogP contribution < -0.4 is 10.2 Å². The summed E-state index contributed by atoms with van der Waals surface area (Å²) in [5.74, 6) is -0.165. The number of rotatable bonds is 7. The van der Waals surface area contributed by atoms with Crippen LogP contribution in [-0.2, 0) is 16.0 Å². The van der Waals surface area contributed by atoms with Gasteiger partial charge in [0, 0.05) is 21.5 Å². The third-order valence-corrected chi connectivity index (χ3v) is 7.03. The number of benzene rings is 1. The van der Waals surface area contributed by atoms with Crippen molar-refractivity contribution in [1.29, 1.82) is 0 Å². The Bertz CT molecular complexity index is 917. The van der Waals surface area contributed by atoms with Gasteiger partial charge < -0.3 is 5.32 Å². The number of nitrogens with one attached hydrogen (secondary N) is 1. The molecule has 3 aromatic rings. The summed E-state index contributed by atoms with van der Waals surface area (Å²) in [6.45, 7) is 0. The quantitative estimate of drug-likeness (QED) is 0.568. The molecule has 1 atom stereocenters. The average Bonchev–Trinajstić information content (AvgIpc) is 3.50. The van der Waals surface area contributed by atoms with E-state index in [9.17, 15) is 9.59 Å². The zero-order chi connectivity index (χ0) is 20.1. The van der Waals surface area contributed by atoms with E-state index in [0.717, 1.165) is 41.1 Å². The van der Waals surface area contributed by atoms with E-state index >= 15 is 0 Å². The number of anilines is 1. The first kappa shape index (κ1) is 19.9. The minimum Gasteiger partial charge on any atom is -0.351 e. The number of thiophene rings is 2. The van der Waals surface area contributed by atoms with Crippen LogP contribution in [0.2, 0.25) is 0 Å². The maximum atomic E-state index is 13.4. The van der Waals surface area contributed by atoms with Crippen molar-refractivity contribution in [2.45, 2.75) is 44.2 Å². The Labute approximate surface area is 179 Å². The molecule has 1 aliphatic rings. The Morgan fingerprint density at radius 2 is 1.69 bits per heavy atom. The molecule has 1 aromatic carbocycles. The molecule has 6 heteroatoms. The summed E-state index contributed by atoms with van der Waals surface area (Å²) in [6, 6.07) is 16.9. The van der Waals surface area contributed by atoms with Gasteiger partial charge >= 0.3 is 0 Å². The smallest absolute Gasteiger partial charge is 0.248 e. The van der Waals surface area contributed by atoms with Gasteiger partial charge in [0.25, 0.3) is 0 Å². The Hall–Kier alpha value is -2.44. The van der Waals surface area contributed by atoms with Crippen LogP contribution in [0.25, 0.3) is 0 Å². The van der Waals surface area contributed by atoms with Crippen molar-refractivity contribution in [1.82, 2.24) is 5.32 Å². The molecule has 2 aromatic heterocycles. The minimum atomic E-state index is -0.662. The lowest BCUT2D eigenvalue weighted by atomic mass is 10.1. The van der Waals surface area contributed by atoms with Gasteiger partial charge in [0.2, 0.25) is 11.8 Å². The normalized spacial score (nSPS) is 15.2. The zero-order valence-electron chi connectivity index (χ0n) is 16.1. The fourth-order valence-corrected chi connectivity index (χ4v) is 5.35. The highest BCUT2D eigenvalue weighted by Gasteiger charge is 2.34. The molecule has 2 heterocycles. The van der Waals surface area contributed by atoms with Crippen molar-refractivity contribution in [2.24, 2.45) is 0 Å². The summed E-state index contributed by atoms with van der Waals surface area (Å²) in [4.78, 5) is 30.4. The van der Waals surface area contributed by atoms with Gasteiger partial charge in [0.15, 0.2) is 0 Å². The van der Waals surface area contributed by atoms with Gasteiger partial charge in [-0.15, -0.1) is 22.7 Å². The van der Waals surface area contributed by atoms with Gasteiger partial charge in [0.05, 0.1) is 6.42 Å². The Balaban J connectivity index is 1.69. The maximum absolute atomic E-state index is 13.4. The first-order valence-corrected chi connectivity index (χ1v) is 11.7. The molecule has 1 aliphatic carbocycles. The number of amides is 2. The maximum Gasteiger partial charge on any atom is 0.248 e. The van der Waals surface area contributed by atoms with Gasteiger partial charge in [-0.1, -0.05) is 43.2 Å². The third-order valence-electron chi connectivity index (χ3n) is 5.23. The van der Waals surface area contributed by atoms with E-state index in [1.54, 1.807) is 16.2 Å². The van der Waals surface area contributed by atoms with E-state index in [-0.39, 0.29) is 24.3 Å². The van der Waals surface area contributed by atoms with Crippen LogP contribution in [0.5, 0.6) is 0 Å². The van der Waals surface area contributed by atoms with E-state index < -0.39 is 6.04 Å². The minimum absolute atomic E-state index is 0.0707. The number of carbonyl (C=O) groups is 2. The number of nitrogens with zero attached hydrogens (tertiary/aromatic N) is 1. The van der Waals surface area contributed by atoms with Crippen molar-refractivity contribution in [2.75, 3.05) is 4.90 Å². The van der Waals surface area contributed by atoms with Crippen molar-refractivity contribution in [3.8, 4) is 0 Å². The third kappa shape index (κ3) is 4.77. The summed E-state index contributed by atoms with van der Waals surface area (Å²) < 4.78 is 0. The largest absolute Gasteiger partial charge is 0.351 e. The lowest BCUT2D eigenvalue weighted by Gasteiger charge is -2.31. The summed E-state index contributed by atoms with van der Waals surface area (Å²) in [5.41, 5.74) is 0.744. The highest BCUT2D eigenvalue weighted by molar-refractivity contribution is 7.10. The van der Waals surface area contributed by atoms with Crippen LogP contribution in [0.3, 0.4) is 0 Å². The molecule has 0 saturated heterocycles. The second kappa shape index (κ2) is 9.37. The van der Waals surface area contributed by atoms with Gasteiger partial charge in [-0.2, -0.15) is 0 Å². The lowest BCUT2D eigenvalue weighted by molar-refractivity contribution is -0.126. The summed E-state index contributed by atoms with van der Waals surface area (Å²) in [5, 5.41) is 7.14. The SMILES string of the molecule is O=C(NC1CCCC1)[C@@H](c1cccs1)N(C(=O)Cc1cccs1)c1ccccc1. The van der Waals surface area contributed by atoms with Crippen LogP contribution in [-0.4, -0.2) is 17.9 Å². The summed E-state index contributed by atoms with van der Waals surface area (Å²) >= 11 is 3.08. The molecular formula is C23H24N2O2S2. The topological polar surface area (TPSA) is 49.4 Å². The molecule has 4 rings (SSSR count).